The molecule has 8 heteroatoms. The normalized spacial score (nSPS) is 10.6. The summed E-state index contributed by atoms with van der Waals surface area (Å²) < 4.78 is 3.28. The smallest absolute Gasteiger partial charge is 0.273 e. The number of aryl methyl sites for hydroxylation is 3. The number of aromatic nitrogens is 4. The first-order valence-corrected chi connectivity index (χ1v) is 8.70. The Bertz CT molecular complexity index is 972. The lowest BCUT2D eigenvalue weighted by Gasteiger charge is -2.10. The van der Waals surface area contributed by atoms with Crippen molar-refractivity contribution in [3.05, 3.63) is 59.7 Å². The second-order valence-corrected chi connectivity index (χ2v) is 6.20. The van der Waals surface area contributed by atoms with Gasteiger partial charge in [0.25, 0.3) is 5.91 Å². The average molecular weight is 366 g/mol. The van der Waals surface area contributed by atoms with Gasteiger partial charge in [0.05, 0.1) is 5.69 Å². The monoisotopic (exact) mass is 366 g/mol. The number of carbonyl (C=O) groups is 2. The lowest BCUT2D eigenvalue weighted by atomic mass is 10.2. The zero-order chi connectivity index (χ0) is 19.4. The highest BCUT2D eigenvalue weighted by molar-refractivity contribution is 6.03. The van der Waals surface area contributed by atoms with E-state index in [2.05, 4.69) is 20.8 Å². The number of anilines is 2. The van der Waals surface area contributed by atoms with Crippen LogP contribution in [0, 0.1) is 13.8 Å². The molecule has 0 bridgehead atoms. The summed E-state index contributed by atoms with van der Waals surface area (Å²) in [6.45, 7) is 6.45. The van der Waals surface area contributed by atoms with Crippen molar-refractivity contribution >= 4 is 23.2 Å². The van der Waals surface area contributed by atoms with E-state index in [1.165, 1.54) is 0 Å². The topological polar surface area (TPSA) is 93.8 Å². The highest BCUT2D eigenvalue weighted by Crippen LogP contribution is 2.16. The fourth-order valence-electron chi connectivity index (χ4n) is 2.82. The fourth-order valence-corrected chi connectivity index (χ4v) is 2.82. The molecule has 8 nitrogen and oxygen atoms in total. The Balaban J connectivity index is 1.65. The molecule has 0 unspecified atom stereocenters. The number of benzene rings is 1. The van der Waals surface area contributed by atoms with Crippen molar-refractivity contribution in [1.29, 1.82) is 0 Å². The molecule has 0 saturated carbocycles. The van der Waals surface area contributed by atoms with Crippen LogP contribution < -0.4 is 10.6 Å². The quantitative estimate of drug-likeness (QED) is 0.701. The Morgan fingerprint density at radius 1 is 1.04 bits per heavy atom. The number of carbonyl (C=O) groups excluding carboxylic acids is 2. The largest absolute Gasteiger partial charge is 0.324 e. The van der Waals surface area contributed by atoms with E-state index in [9.17, 15) is 9.59 Å². The van der Waals surface area contributed by atoms with Gasteiger partial charge in [-0.15, -0.1) is 0 Å². The number of nitrogens with one attached hydrogen (secondary N) is 2. The van der Waals surface area contributed by atoms with E-state index in [0.717, 1.165) is 11.4 Å². The summed E-state index contributed by atoms with van der Waals surface area (Å²) in [6, 6.07) is 10.6. The minimum absolute atomic E-state index is 0.131. The number of hydrogen-bond donors (Lipinski definition) is 2. The van der Waals surface area contributed by atoms with Crippen molar-refractivity contribution in [1.82, 2.24) is 19.6 Å². The predicted octanol–water partition coefficient (Wildman–Crippen LogP) is 2.61. The third-order valence-corrected chi connectivity index (χ3v) is 4.05. The van der Waals surface area contributed by atoms with Crippen LogP contribution in [-0.4, -0.2) is 31.4 Å². The summed E-state index contributed by atoms with van der Waals surface area (Å²) in [5.41, 5.74) is 3.47. The molecule has 0 aliphatic rings. The van der Waals surface area contributed by atoms with Crippen molar-refractivity contribution < 1.29 is 9.59 Å². The molecule has 0 spiro atoms. The zero-order valence-electron chi connectivity index (χ0n) is 15.6. The molecule has 2 heterocycles. The molecule has 2 N–H and O–H groups in total. The van der Waals surface area contributed by atoms with Crippen LogP contribution >= 0.6 is 0 Å². The first-order valence-electron chi connectivity index (χ1n) is 8.70. The third kappa shape index (κ3) is 4.41. The first-order chi connectivity index (χ1) is 13.0. The fraction of sp³-hybridized carbons (Fsp3) is 0.263. The van der Waals surface area contributed by atoms with E-state index < -0.39 is 0 Å². The second kappa shape index (κ2) is 7.86. The Kier molecular flexibility index (Phi) is 5.35. The highest BCUT2D eigenvalue weighted by atomic mass is 16.2. The molecule has 3 rings (SSSR count). The summed E-state index contributed by atoms with van der Waals surface area (Å²) in [7, 11) is 0. The number of rotatable bonds is 6. The van der Waals surface area contributed by atoms with Gasteiger partial charge >= 0.3 is 0 Å². The molecule has 0 saturated heterocycles. The van der Waals surface area contributed by atoms with Gasteiger partial charge in [0.15, 0.2) is 0 Å². The predicted molar refractivity (Wildman–Crippen MR) is 103 cm³/mol. The van der Waals surface area contributed by atoms with Crippen molar-refractivity contribution in [2.24, 2.45) is 0 Å². The molecule has 3 aromatic rings. The van der Waals surface area contributed by atoms with Gasteiger partial charge in [-0.25, -0.2) is 0 Å². The van der Waals surface area contributed by atoms with Gasteiger partial charge in [0.2, 0.25) is 5.91 Å². The Morgan fingerprint density at radius 3 is 2.44 bits per heavy atom. The van der Waals surface area contributed by atoms with Crippen molar-refractivity contribution in [2.45, 2.75) is 33.9 Å². The standard InChI is InChI=1S/C19H22N6O2/c1-4-24-17(8-9-20-24)19(27)22-16-7-5-6-15(11-16)21-18(26)12-25-14(3)10-13(2)23-25/h5-11H,4,12H2,1-3H3,(H,21,26)(H,22,27). The summed E-state index contributed by atoms with van der Waals surface area (Å²) in [6.07, 6.45) is 1.59. The number of nitrogens with zero attached hydrogens (tertiary/aromatic N) is 4. The van der Waals surface area contributed by atoms with Crippen LogP contribution in [0.1, 0.15) is 28.8 Å². The van der Waals surface area contributed by atoms with Crippen molar-refractivity contribution in [2.75, 3.05) is 10.6 Å². The van der Waals surface area contributed by atoms with E-state index in [4.69, 9.17) is 0 Å². The van der Waals surface area contributed by atoms with E-state index in [1.54, 1.807) is 45.9 Å². The van der Waals surface area contributed by atoms with Gasteiger partial charge in [-0.2, -0.15) is 10.2 Å². The van der Waals surface area contributed by atoms with Gasteiger partial charge in [-0.1, -0.05) is 6.07 Å². The highest BCUT2D eigenvalue weighted by Gasteiger charge is 2.12. The SMILES string of the molecule is CCn1nccc1C(=O)Nc1cccc(NC(=O)Cn2nc(C)cc2C)c1. The van der Waals surface area contributed by atoms with Crippen LogP contribution in [0.15, 0.2) is 42.6 Å². The van der Waals surface area contributed by atoms with Crippen LogP contribution in [0.25, 0.3) is 0 Å². The number of amides is 2. The molecule has 0 fully saturated rings. The van der Waals surface area contributed by atoms with Gasteiger partial charge in [0.1, 0.15) is 12.2 Å². The minimum atomic E-state index is -0.250. The zero-order valence-corrected chi connectivity index (χ0v) is 15.6. The summed E-state index contributed by atoms with van der Waals surface area (Å²) in [4.78, 5) is 24.7. The molecule has 140 valence electrons. The molecule has 0 atom stereocenters. The molecule has 1 aromatic carbocycles. The van der Waals surface area contributed by atoms with Gasteiger partial charge in [-0.3, -0.25) is 19.0 Å². The molecule has 0 radical (unpaired) electrons. The molecule has 2 aromatic heterocycles. The van der Waals surface area contributed by atoms with Gasteiger partial charge in [-0.05, 0) is 51.1 Å². The Morgan fingerprint density at radius 2 is 1.78 bits per heavy atom. The third-order valence-electron chi connectivity index (χ3n) is 4.05. The molecule has 0 aliphatic carbocycles. The molecule has 0 aliphatic heterocycles. The van der Waals surface area contributed by atoms with E-state index >= 15 is 0 Å². The Hall–Kier alpha value is -3.42. The van der Waals surface area contributed by atoms with Crippen LogP contribution in [-0.2, 0) is 17.9 Å². The molecular formula is C19H22N6O2. The summed E-state index contributed by atoms with van der Waals surface area (Å²) in [5.74, 6) is -0.436. The first kappa shape index (κ1) is 18.4. The lowest BCUT2D eigenvalue weighted by molar-refractivity contribution is -0.116. The summed E-state index contributed by atoms with van der Waals surface area (Å²) in [5, 5.41) is 14.0. The molecule has 2 amide bonds. The van der Waals surface area contributed by atoms with Crippen LogP contribution in [0.2, 0.25) is 0 Å². The minimum Gasteiger partial charge on any atom is -0.324 e. The van der Waals surface area contributed by atoms with E-state index in [1.807, 2.05) is 26.8 Å². The van der Waals surface area contributed by atoms with Crippen LogP contribution in [0.4, 0.5) is 11.4 Å². The maximum atomic E-state index is 12.4. The van der Waals surface area contributed by atoms with Crippen LogP contribution in [0.3, 0.4) is 0 Å². The summed E-state index contributed by atoms with van der Waals surface area (Å²) >= 11 is 0. The second-order valence-electron chi connectivity index (χ2n) is 6.20. The van der Waals surface area contributed by atoms with Crippen LogP contribution in [0.5, 0.6) is 0 Å². The van der Waals surface area contributed by atoms with Crippen molar-refractivity contribution in [3.8, 4) is 0 Å². The van der Waals surface area contributed by atoms with Gasteiger partial charge < -0.3 is 10.6 Å². The number of hydrogen-bond acceptors (Lipinski definition) is 4. The lowest BCUT2D eigenvalue weighted by Crippen LogP contribution is -2.20. The average Bonchev–Trinajstić information content (AvgIpc) is 3.21. The van der Waals surface area contributed by atoms with E-state index in [-0.39, 0.29) is 18.4 Å². The van der Waals surface area contributed by atoms with E-state index in [0.29, 0.717) is 23.6 Å². The Labute approximate surface area is 157 Å². The maximum Gasteiger partial charge on any atom is 0.273 e. The van der Waals surface area contributed by atoms with Gasteiger partial charge in [0, 0.05) is 29.8 Å². The van der Waals surface area contributed by atoms with Crippen molar-refractivity contribution in [3.63, 3.8) is 0 Å². The molecule has 27 heavy (non-hydrogen) atoms. The maximum absolute atomic E-state index is 12.4. The molecular weight excluding hydrogens is 344 g/mol.